The number of halogens is 2. The van der Waals surface area contributed by atoms with E-state index in [0.717, 1.165) is 25.5 Å². The lowest BCUT2D eigenvalue weighted by atomic mass is 10.1. The Labute approximate surface area is 202 Å². The minimum Gasteiger partial charge on any atom is -0.351 e. The van der Waals surface area contributed by atoms with E-state index in [1.807, 2.05) is 22.6 Å². The number of rotatable bonds is 5. The van der Waals surface area contributed by atoms with Crippen LogP contribution < -0.4 is 14.9 Å². The standard InChI is InChI=1S/C21H26ClFN8O2S/c1-24-34(32,33)30-8-4-14(5-9-30)26-20-25-12-15(22)18(27-20)13-10-16(23)19-17(11-13)31-7-3-6-29(2)21(31)28-19/h10-12,14,24H,3-9H2,1-2H3,(H,25,26,27). The van der Waals surface area contributed by atoms with Gasteiger partial charge in [-0.2, -0.15) is 12.7 Å². The minimum absolute atomic E-state index is 0.00827. The molecule has 182 valence electrons. The van der Waals surface area contributed by atoms with E-state index in [-0.39, 0.29) is 6.04 Å². The first-order valence-electron chi connectivity index (χ1n) is 11.2. The molecule has 10 nitrogen and oxygen atoms in total. The lowest BCUT2D eigenvalue weighted by Gasteiger charge is -2.31. The number of hydrogen-bond acceptors (Lipinski definition) is 7. The first-order valence-corrected chi connectivity index (χ1v) is 13.0. The van der Waals surface area contributed by atoms with Crippen molar-refractivity contribution in [2.24, 2.45) is 0 Å². The zero-order valence-electron chi connectivity index (χ0n) is 18.9. The Morgan fingerprint density at radius 1 is 1.15 bits per heavy atom. The molecule has 0 aliphatic carbocycles. The van der Waals surface area contributed by atoms with Crippen LogP contribution in [0.25, 0.3) is 22.3 Å². The SMILES string of the molecule is CNS(=O)(=O)N1CCC(Nc2ncc(Cl)c(-c3cc(F)c4nc5n(c4c3)CCCN5C)n2)CC1. The van der Waals surface area contributed by atoms with Crippen molar-refractivity contribution in [2.45, 2.75) is 31.8 Å². The summed E-state index contributed by atoms with van der Waals surface area (Å²) in [7, 11) is -0.0763. The Bertz CT molecular complexity index is 1340. The summed E-state index contributed by atoms with van der Waals surface area (Å²) in [5, 5.41) is 3.58. The van der Waals surface area contributed by atoms with Gasteiger partial charge in [-0.3, -0.25) is 0 Å². The molecule has 2 N–H and O–H groups in total. The Balaban J connectivity index is 1.41. The second kappa shape index (κ2) is 8.91. The predicted molar refractivity (Wildman–Crippen MR) is 130 cm³/mol. The fourth-order valence-electron chi connectivity index (χ4n) is 4.57. The second-order valence-electron chi connectivity index (χ2n) is 8.58. The number of benzene rings is 1. The van der Waals surface area contributed by atoms with Gasteiger partial charge in [-0.15, -0.1) is 0 Å². The molecule has 1 saturated heterocycles. The fourth-order valence-corrected chi connectivity index (χ4v) is 5.72. The first-order chi connectivity index (χ1) is 16.3. The average Bonchev–Trinajstić information content (AvgIpc) is 3.21. The van der Waals surface area contributed by atoms with Gasteiger partial charge in [0.2, 0.25) is 11.9 Å². The molecule has 0 radical (unpaired) electrons. The highest BCUT2D eigenvalue weighted by molar-refractivity contribution is 7.87. The Morgan fingerprint density at radius 2 is 1.91 bits per heavy atom. The summed E-state index contributed by atoms with van der Waals surface area (Å²) >= 11 is 6.42. The molecule has 0 unspecified atom stereocenters. The molecule has 2 aromatic heterocycles. The number of aryl methyl sites for hydroxylation is 1. The highest BCUT2D eigenvalue weighted by atomic mass is 35.5. The molecule has 2 aliphatic rings. The number of nitrogens with one attached hydrogen (secondary N) is 2. The molecule has 5 rings (SSSR count). The van der Waals surface area contributed by atoms with Crippen molar-refractivity contribution in [3.05, 3.63) is 29.2 Å². The van der Waals surface area contributed by atoms with E-state index in [1.54, 1.807) is 0 Å². The molecule has 4 heterocycles. The van der Waals surface area contributed by atoms with E-state index in [0.29, 0.717) is 59.2 Å². The molecular weight excluding hydrogens is 483 g/mol. The van der Waals surface area contributed by atoms with Crippen molar-refractivity contribution in [2.75, 3.05) is 43.9 Å². The molecule has 0 saturated carbocycles. The molecular formula is C21H26ClFN8O2S. The van der Waals surface area contributed by atoms with Crippen LogP contribution in [-0.2, 0) is 16.8 Å². The maximum atomic E-state index is 15.1. The van der Waals surface area contributed by atoms with Gasteiger partial charge in [0.25, 0.3) is 10.2 Å². The van der Waals surface area contributed by atoms with Crippen molar-refractivity contribution in [3.8, 4) is 11.3 Å². The number of fused-ring (bicyclic) bond motifs is 3. The van der Waals surface area contributed by atoms with Crippen LogP contribution in [0.15, 0.2) is 18.3 Å². The Morgan fingerprint density at radius 3 is 2.65 bits per heavy atom. The third-order valence-corrected chi connectivity index (χ3v) is 8.24. The van der Waals surface area contributed by atoms with Gasteiger partial charge < -0.3 is 14.8 Å². The fraction of sp³-hybridized carbons (Fsp3) is 0.476. The van der Waals surface area contributed by atoms with E-state index in [9.17, 15) is 8.42 Å². The van der Waals surface area contributed by atoms with Crippen LogP contribution in [0.3, 0.4) is 0 Å². The van der Waals surface area contributed by atoms with E-state index in [4.69, 9.17) is 11.6 Å². The number of anilines is 2. The molecule has 34 heavy (non-hydrogen) atoms. The molecule has 2 aliphatic heterocycles. The summed E-state index contributed by atoms with van der Waals surface area (Å²) < 4.78 is 44.8. The van der Waals surface area contributed by atoms with E-state index < -0.39 is 16.0 Å². The van der Waals surface area contributed by atoms with Gasteiger partial charge in [-0.05, 0) is 31.4 Å². The lowest BCUT2D eigenvalue weighted by Crippen LogP contribution is -2.46. The summed E-state index contributed by atoms with van der Waals surface area (Å²) in [6, 6.07) is 3.28. The van der Waals surface area contributed by atoms with E-state index in [1.165, 1.54) is 23.6 Å². The average molecular weight is 509 g/mol. The number of aromatic nitrogens is 4. The maximum absolute atomic E-state index is 15.1. The van der Waals surface area contributed by atoms with Gasteiger partial charge in [-0.25, -0.2) is 24.1 Å². The number of imidazole rings is 1. The third kappa shape index (κ3) is 4.19. The van der Waals surface area contributed by atoms with Gasteiger partial charge in [0.15, 0.2) is 5.82 Å². The van der Waals surface area contributed by atoms with Crippen LogP contribution in [0.1, 0.15) is 19.3 Å². The van der Waals surface area contributed by atoms with Crippen LogP contribution in [0.4, 0.5) is 16.3 Å². The number of nitrogens with zero attached hydrogens (tertiary/aromatic N) is 6. The first kappa shape index (κ1) is 23.2. The molecule has 1 aromatic carbocycles. The quantitative estimate of drug-likeness (QED) is 0.545. The summed E-state index contributed by atoms with van der Waals surface area (Å²) in [5.74, 6) is 0.690. The number of hydrogen-bond donors (Lipinski definition) is 2. The highest BCUT2D eigenvalue weighted by Gasteiger charge is 2.27. The van der Waals surface area contributed by atoms with E-state index >= 15 is 4.39 Å². The summed E-state index contributed by atoms with van der Waals surface area (Å²) in [5.41, 5.74) is 2.01. The highest BCUT2D eigenvalue weighted by Crippen LogP contribution is 2.34. The van der Waals surface area contributed by atoms with Crippen LogP contribution >= 0.6 is 11.6 Å². The monoisotopic (exact) mass is 508 g/mol. The van der Waals surface area contributed by atoms with E-state index in [2.05, 4.69) is 25.0 Å². The van der Waals surface area contributed by atoms with Crippen LogP contribution in [0.5, 0.6) is 0 Å². The smallest absolute Gasteiger partial charge is 0.279 e. The molecule has 0 bridgehead atoms. The van der Waals surface area contributed by atoms with Crippen molar-refractivity contribution in [1.82, 2.24) is 28.5 Å². The van der Waals surface area contributed by atoms with Crippen molar-refractivity contribution in [1.29, 1.82) is 0 Å². The molecule has 0 amide bonds. The van der Waals surface area contributed by atoms with Crippen molar-refractivity contribution in [3.63, 3.8) is 0 Å². The maximum Gasteiger partial charge on any atom is 0.279 e. The van der Waals surface area contributed by atoms with Gasteiger partial charge >= 0.3 is 0 Å². The summed E-state index contributed by atoms with van der Waals surface area (Å²) in [4.78, 5) is 15.4. The zero-order chi connectivity index (χ0) is 24.0. The van der Waals surface area contributed by atoms with Gasteiger partial charge in [-0.1, -0.05) is 11.6 Å². The third-order valence-electron chi connectivity index (χ3n) is 6.41. The Kier molecular flexibility index (Phi) is 6.09. The Hall–Kier alpha value is -2.54. The van der Waals surface area contributed by atoms with Gasteiger partial charge in [0.05, 0.1) is 22.4 Å². The van der Waals surface area contributed by atoms with Crippen LogP contribution in [-0.4, -0.2) is 72.0 Å². The molecule has 1 fully saturated rings. The summed E-state index contributed by atoms with van der Waals surface area (Å²) in [6.45, 7) is 2.43. The molecule has 0 atom stereocenters. The van der Waals surface area contributed by atoms with Gasteiger partial charge in [0, 0.05) is 51.9 Å². The minimum atomic E-state index is -3.43. The van der Waals surface area contributed by atoms with Crippen LogP contribution in [0, 0.1) is 5.82 Å². The lowest BCUT2D eigenvalue weighted by molar-refractivity contribution is 0.326. The van der Waals surface area contributed by atoms with Gasteiger partial charge in [0.1, 0.15) is 5.52 Å². The second-order valence-corrected chi connectivity index (χ2v) is 10.9. The largest absolute Gasteiger partial charge is 0.351 e. The van der Waals surface area contributed by atoms with Crippen molar-refractivity contribution >= 4 is 44.7 Å². The zero-order valence-corrected chi connectivity index (χ0v) is 20.5. The normalized spacial score (nSPS) is 17.8. The molecule has 3 aromatic rings. The van der Waals surface area contributed by atoms with Crippen LogP contribution in [0.2, 0.25) is 5.02 Å². The predicted octanol–water partition coefficient (Wildman–Crippen LogP) is 2.47. The molecule has 13 heteroatoms. The van der Waals surface area contributed by atoms with Crippen molar-refractivity contribution < 1.29 is 12.8 Å². The topological polar surface area (TPSA) is 108 Å². The summed E-state index contributed by atoms with van der Waals surface area (Å²) in [6.07, 6.45) is 3.67. The molecule has 0 spiro atoms. The number of piperidine rings is 1.